The molecule has 0 radical (unpaired) electrons. The topological polar surface area (TPSA) is 113 Å². The van der Waals surface area contributed by atoms with Crippen LogP contribution in [0.4, 0.5) is 0 Å². The molecule has 0 amide bonds. The van der Waals surface area contributed by atoms with Crippen molar-refractivity contribution in [2.45, 2.75) is 42.2 Å². The summed E-state index contributed by atoms with van der Waals surface area (Å²) in [4.78, 5) is -0.0454. The van der Waals surface area contributed by atoms with Crippen LogP contribution in [-0.4, -0.2) is 41.1 Å². The number of hydrogen-bond acceptors (Lipinski definition) is 5. The molecular weight excluding hydrogens is 316 g/mol. The molecular formula is C12H20N2O5S2. The number of nitrogens with one attached hydrogen (secondary N) is 2. The van der Waals surface area contributed by atoms with E-state index < -0.39 is 32.2 Å². The molecule has 0 aromatic heterocycles. The van der Waals surface area contributed by atoms with E-state index in [1.165, 1.54) is 31.3 Å². The highest BCUT2D eigenvalue weighted by Crippen LogP contribution is 2.15. The lowest BCUT2D eigenvalue weighted by molar-refractivity contribution is 0.175. The van der Waals surface area contributed by atoms with Crippen LogP contribution in [-0.2, 0) is 20.0 Å². The summed E-state index contributed by atoms with van der Waals surface area (Å²) < 4.78 is 51.9. The van der Waals surface area contributed by atoms with E-state index in [0.717, 1.165) is 0 Å². The molecule has 0 fully saturated rings. The molecule has 1 aromatic carbocycles. The third-order valence-electron chi connectivity index (χ3n) is 2.76. The van der Waals surface area contributed by atoms with Gasteiger partial charge in [-0.3, -0.25) is 0 Å². The summed E-state index contributed by atoms with van der Waals surface area (Å²) in [6.45, 7) is 3.21. The van der Waals surface area contributed by atoms with Crippen LogP contribution in [0.25, 0.3) is 0 Å². The van der Waals surface area contributed by atoms with Crippen molar-refractivity contribution in [3.05, 3.63) is 24.3 Å². The van der Waals surface area contributed by atoms with E-state index >= 15 is 0 Å². The van der Waals surface area contributed by atoms with Crippen LogP contribution >= 0.6 is 0 Å². The zero-order valence-electron chi connectivity index (χ0n) is 12.1. The van der Waals surface area contributed by atoms with Crippen LogP contribution < -0.4 is 9.44 Å². The molecule has 0 heterocycles. The molecule has 2 atom stereocenters. The molecule has 7 nitrogen and oxygen atoms in total. The Balaban J connectivity index is 2.95. The van der Waals surface area contributed by atoms with Crippen molar-refractivity contribution in [1.82, 2.24) is 9.44 Å². The highest BCUT2D eigenvalue weighted by molar-refractivity contribution is 7.90. The zero-order chi connectivity index (χ0) is 16.3. The second-order valence-corrected chi connectivity index (χ2v) is 8.39. The Bertz CT molecular complexity index is 666. The maximum absolute atomic E-state index is 12.1. The van der Waals surface area contributed by atoms with E-state index in [1.54, 1.807) is 13.8 Å². The molecule has 2 unspecified atom stereocenters. The maximum Gasteiger partial charge on any atom is 0.240 e. The van der Waals surface area contributed by atoms with Gasteiger partial charge in [0.15, 0.2) is 0 Å². The Morgan fingerprint density at radius 3 is 1.81 bits per heavy atom. The second kappa shape index (κ2) is 6.84. The summed E-state index contributed by atoms with van der Waals surface area (Å²) in [7, 11) is -6.07. The molecule has 21 heavy (non-hydrogen) atoms. The van der Waals surface area contributed by atoms with E-state index in [4.69, 9.17) is 0 Å². The van der Waals surface area contributed by atoms with Crippen molar-refractivity contribution in [2.24, 2.45) is 0 Å². The molecule has 3 N–H and O–H groups in total. The van der Waals surface area contributed by atoms with E-state index in [2.05, 4.69) is 9.44 Å². The van der Waals surface area contributed by atoms with Crippen molar-refractivity contribution in [3.8, 4) is 0 Å². The van der Waals surface area contributed by atoms with Gasteiger partial charge in [-0.15, -0.1) is 0 Å². The van der Waals surface area contributed by atoms with E-state index in [9.17, 15) is 21.9 Å². The SMILES string of the molecule is CNS(=O)(=O)c1ccc(S(=O)(=O)NC(C)CC(C)O)cc1. The fraction of sp³-hybridized carbons (Fsp3) is 0.500. The molecule has 0 aliphatic heterocycles. The van der Waals surface area contributed by atoms with Gasteiger partial charge in [-0.1, -0.05) is 0 Å². The molecule has 1 rings (SSSR count). The van der Waals surface area contributed by atoms with Crippen molar-refractivity contribution in [2.75, 3.05) is 7.05 Å². The molecule has 0 aliphatic rings. The van der Waals surface area contributed by atoms with Crippen LogP contribution in [0, 0.1) is 0 Å². The van der Waals surface area contributed by atoms with Crippen LogP contribution in [0.2, 0.25) is 0 Å². The Labute approximate surface area is 125 Å². The number of benzene rings is 1. The highest BCUT2D eigenvalue weighted by atomic mass is 32.2. The Kier molecular flexibility index (Phi) is 5.88. The maximum atomic E-state index is 12.1. The van der Waals surface area contributed by atoms with Gasteiger partial charge < -0.3 is 5.11 Å². The van der Waals surface area contributed by atoms with Crippen LogP contribution in [0.15, 0.2) is 34.1 Å². The third-order valence-corrected chi connectivity index (χ3v) is 5.80. The van der Waals surface area contributed by atoms with Crippen LogP contribution in [0.1, 0.15) is 20.3 Å². The first kappa shape index (κ1) is 18.1. The lowest BCUT2D eigenvalue weighted by Gasteiger charge is -2.15. The largest absolute Gasteiger partial charge is 0.393 e. The lowest BCUT2D eigenvalue weighted by atomic mass is 10.2. The molecule has 0 saturated carbocycles. The minimum atomic E-state index is -3.75. The van der Waals surface area contributed by atoms with Gasteiger partial charge in [-0.25, -0.2) is 26.3 Å². The first-order valence-electron chi connectivity index (χ1n) is 6.32. The van der Waals surface area contributed by atoms with E-state index in [-0.39, 0.29) is 16.2 Å². The molecule has 0 saturated heterocycles. The normalized spacial score (nSPS) is 15.6. The second-order valence-electron chi connectivity index (χ2n) is 4.79. The minimum Gasteiger partial charge on any atom is -0.393 e. The standard InChI is InChI=1S/C12H20N2O5S2/c1-9(8-10(2)15)14-21(18,19)12-6-4-11(5-7-12)20(16,17)13-3/h4-7,9-10,13-15H,8H2,1-3H3. The number of hydrogen-bond donors (Lipinski definition) is 3. The summed E-state index contributed by atoms with van der Waals surface area (Å²) in [5, 5.41) is 9.23. The van der Waals surface area contributed by atoms with Gasteiger partial charge in [0.1, 0.15) is 0 Å². The van der Waals surface area contributed by atoms with Crippen molar-refractivity contribution < 1.29 is 21.9 Å². The average Bonchev–Trinajstić information content (AvgIpc) is 2.37. The average molecular weight is 336 g/mol. The van der Waals surface area contributed by atoms with Crippen molar-refractivity contribution in [1.29, 1.82) is 0 Å². The fourth-order valence-electron chi connectivity index (χ4n) is 1.81. The number of rotatable bonds is 7. The van der Waals surface area contributed by atoms with E-state index in [1.807, 2.05) is 0 Å². The summed E-state index contributed by atoms with van der Waals surface area (Å²) in [6.07, 6.45) is -0.336. The summed E-state index contributed by atoms with van der Waals surface area (Å²) in [6, 6.07) is 4.46. The van der Waals surface area contributed by atoms with Crippen molar-refractivity contribution in [3.63, 3.8) is 0 Å². The predicted octanol–water partition coefficient (Wildman–Crippen LogP) is 0.0324. The summed E-state index contributed by atoms with van der Waals surface area (Å²) in [5.74, 6) is 0. The summed E-state index contributed by atoms with van der Waals surface area (Å²) >= 11 is 0. The van der Waals surface area contributed by atoms with Gasteiger partial charge in [0, 0.05) is 6.04 Å². The summed E-state index contributed by atoms with van der Waals surface area (Å²) in [5.41, 5.74) is 0. The van der Waals surface area contributed by atoms with Gasteiger partial charge in [-0.2, -0.15) is 0 Å². The van der Waals surface area contributed by atoms with Crippen LogP contribution in [0.3, 0.4) is 0 Å². The molecule has 0 bridgehead atoms. The smallest absolute Gasteiger partial charge is 0.240 e. The minimum absolute atomic E-state index is 0.0130. The van der Waals surface area contributed by atoms with E-state index in [0.29, 0.717) is 0 Å². The molecule has 120 valence electrons. The number of aliphatic hydroxyl groups excluding tert-OH is 1. The first-order valence-corrected chi connectivity index (χ1v) is 9.29. The Hall–Kier alpha value is -1.00. The zero-order valence-corrected chi connectivity index (χ0v) is 13.7. The van der Waals surface area contributed by atoms with Gasteiger partial charge in [0.05, 0.1) is 15.9 Å². The first-order chi connectivity index (χ1) is 9.58. The Morgan fingerprint density at radius 1 is 1.00 bits per heavy atom. The van der Waals surface area contributed by atoms with Crippen LogP contribution in [0.5, 0.6) is 0 Å². The molecule has 1 aromatic rings. The lowest BCUT2D eigenvalue weighted by Crippen LogP contribution is -2.34. The number of aliphatic hydroxyl groups is 1. The van der Waals surface area contributed by atoms with Gasteiger partial charge >= 0.3 is 0 Å². The molecule has 9 heteroatoms. The molecule has 0 aliphatic carbocycles. The van der Waals surface area contributed by atoms with Crippen molar-refractivity contribution >= 4 is 20.0 Å². The monoisotopic (exact) mass is 336 g/mol. The van der Waals surface area contributed by atoms with Gasteiger partial charge in [0.2, 0.25) is 20.0 Å². The number of sulfonamides is 2. The predicted molar refractivity (Wildman–Crippen MR) is 78.8 cm³/mol. The fourth-order valence-corrected chi connectivity index (χ4v) is 3.79. The van der Waals surface area contributed by atoms with Gasteiger partial charge in [0.25, 0.3) is 0 Å². The highest BCUT2D eigenvalue weighted by Gasteiger charge is 2.19. The quantitative estimate of drug-likeness (QED) is 0.650. The van der Waals surface area contributed by atoms with Gasteiger partial charge in [-0.05, 0) is 51.6 Å². The molecule has 0 spiro atoms. The third kappa shape index (κ3) is 5.04. The Morgan fingerprint density at radius 2 is 1.43 bits per heavy atom.